The number of carbonyl (C=O) groups excluding carboxylic acids is 1. The number of para-hydroxylation sites is 1. The number of fused-ring (bicyclic) bond motifs is 1. The number of nitrogens with zero attached hydrogens (tertiary/aromatic N) is 4. The monoisotopic (exact) mass is 438 g/mol. The predicted molar refractivity (Wildman–Crippen MR) is 119 cm³/mol. The van der Waals surface area contributed by atoms with Crippen LogP contribution in [0.25, 0.3) is 21.5 Å². The van der Waals surface area contributed by atoms with E-state index in [2.05, 4.69) is 5.10 Å². The third-order valence-electron chi connectivity index (χ3n) is 5.61. The molecule has 1 aliphatic heterocycles. The molecule has 0 radical (unpaired) electrons. The van der Waals surface area contributed by atoms with Gasteiger partial charge in [-0.2, -0.15) is 5.10 Å². The van der Waals surface area contributed by atoms with Crippen molar-refractivity contribution in [3.05, 3.63) is 71.1 Å². The van der Waals surface area contributed by atoms with Crippen molar-refractivity contribution < 1.29 is 13.6 Å². The lowest BCUT2D eigenvalue weighted by Gasteiger charge is -2.36. The molecule has 8 heteroatoms. The van der Waals surface area contributed by atoms with Crippen LogP contribution in [0.15, 0.2) is 54.6 Å². The molecule has 1 saturated heterocycles. The lowest BCUT2D eigenvalue weighted by atomic mass is 10.1. The van der Waals surface area contributed by atoms with Gasteiger partial charge < -0.3 is 9.80 Å². The summed E-state index contributed by atoms with van der Waals surface area (Å²) in [5, 5.41) is 5.23. The summed E-state index contributed by atoms with van der Waals surface area (Å²) in [4.78, 5) is 18.3. The molecule has 158 valence electrons. The SMILES string of the molecule is Cn1nc(-c2ccccc2F)c2cc(C(=O)N3CCN(c4ccccc4F)CC3)sc21. The molecular formula is C23H20F2N4OS. The van der Waals surface area contributed by atoms with Gasteiger partial charge in [-0.15, -0.1) is 11.3 Å². The number of halogens is 2. The molecule has 3 heterocycles. The van der Waals surface area contributed by atoms with Crippen LogP contribution in [0.1, 0.15) is 9.67 Å². The van der Waals surface area contributed by atoms with E-state index in [1.807, 2.05) is 11.0 Å². The highest BCUT2D eigenvalue weighted by Gasteiger charge is 2.26. The number of benzene rings is 2. The zero-order chi connectivity index (χ0) is 21.5. The van der Waals surface area contributed by atoms with Gasteiger partial charge in [-0.25, -0.2) is 8.78 Å². The highest BCUT2D eigenvalue weighted by atomic mass is 32.1. The Morgan fingerprint density at radius 2 is 1.65 bits per heavy atom. The van der Waals surface area contributed by atoms with Crippen LogP contribution in [0.5, 0.6) is 0 Å². The number of rotatable bonds is 3. The van der Waals surface area contributed by atoms with E-state index >= 15 is 0 Å². The molecule has 31 heavy (non-hydrogen) atoms. The van der Waals surface area contributed by atoms with Crippen molar-refractivity contribution in [2.75, 3.05) is 31.1 Å². The smallest absolute Gasteiger partial charge is 0.264 e. The standard InChI is InChI=1S/C23H20F2N4OS/c1-27-23-16(21(26-27)15-6-2-3-7-17(15)24)14-20(31-23)22(30)29-12-10-28(11-13-29)19-9-5-4-8-18(19)25/h2-9,14H,10-13H2,1H3. The highest BCUT2D eigenvalue weighted by Crippen LogP contribution is 2.35. The zero-order valence-corrected chi connectivity index (χ0v) is 17.7. The van der Waals surface area contributed by atoms with Crippen molar-refractivity contribution in [3.63, 3.8) is 0 Å². The number of piperazine rings is 1. The number of carbonyl (C=O) groups is 1. The molecule has 0 saturated carbocycles. The summed E-state index contributed by atoms with van der Waals surface area (Å²) in [5.41, 5.74) is 1.52. The molecule has 0 atom stereocenters. The highest BCUT2D eigenvalue weighted by molar-refractivity contribution is 7.20. The largest absolute Gasteiger partial charge is 0.366 e. The molecule has 0 N–H and O–H groups in total. The van der Waals surface area contributed by atoms with Gasteiger partial charge in [0.2, 0.25) is 0 Å². The topological polar surface area (TPSA) is 41.4 Å². The van der Waals surface area contributed by atoms with E-state index in [4.69, 9.17) is 0 Å². The van der Waals surface area contributed by atoms with Crippen LogP contribution in [0.3, 0.4) is 0 Å². The Bertz CT molecular complexity index is 1270. The fourth-order valence-corrected chi connectivity index (χ4v) is 5.05. The summed E-state index contributed by atoms with van der Waals surface area (Å²) >= 11 is 1.36. The lowest BCUT2D eigenvalue weighted by molar-refractivity contribution is 0.0751. The van der Waals surface area contributed by atoms with E-state index in [1.54, 1.807) is 53.0 Å². The van der Waals surface area contributed by atoms with Crippen LogP contribution >= 0.6 is 11.3 Å². The van der Waals surface area contributed by atoms with Crippen LogP contribution in [-0.2, 0) is 7.05 Å². The summed E-state index contributed by atoms with van der Waals surface area (Å²) in [6.45, 7) is 2.17. The number of amides is 1. The Morgan fingerprint density at radius 3 is 2.35 bits per heavy atom. The average molecular weight is 439 g/mol. The minimum Gasteiger partial charge on any atom is -0.366 e. The fraction of sp³-hybridized carbons (Fsp3) is 0.217. The molecular weight excluding hydrogens is 418 g/mol. The zero-order valence-electron chi connectivity index (χ0n) is 16.9. The normalized spacial score (nSPS) is 14.4. The summed E-state index contributed by atoms with van der Waals surface area (Å²) in [6, 6.07) is 15.0. The molecule has 1 fully saturated rings. The van der Waals surface area contributed by atoms with Crippen LogP contribution in [0, 0.1) is 11.6 Å². The van der Waals surface area contributed by atoms with Gasteiger partial charge in [0.25, 0.3) is 5.91 Å². The van der Waals surface area contributed by atoms with Crippen molar-refractivity contribution in [1.82, 2.24) is 14.7 Å². The number of aromatic nitrogens is 2. The first-order chi connectivity index (χ1) is 15.0. The van der Waals surface area contributed by atoms with Gasteiger partial charge in [0.1, 0.15) is 22.2 Å². The number of thiophene rings is 1. The third-order valence-corrected chi connectivity index (χ3v) is 6.80. The van der Waals surface area contributed by atoms with Gasteiger partial charge in [0.15, 0.2) is 0 Å². The number of aryl methyl sites for hydroxylation is 1. The molecule has 0 spiro atoms. The van der Waals surface area contributed by atoms with Gasteiger partial charge in [0.05, 0.1) is 10.6 Å². The van der Waals surface area contributed by atoms with E-state index in [0.29, 0.717) is 48.0 Å². The molecule has 1 amide bonds. The summed E-state index contributed by atoms with van der Waals surface area (Å²) in [5.74, 6) is -0.653. The number of anilines is 1. The molecule has 2 aromatic carbocycles. The van der Waals surface area contributed by atoms with E-state index in [-0.39, 0.29) is 17.5 Å². The van der Waals surface area contributed by atoms with E-state index < -0.39 is 0 Å². The Kier molecular flexibility index (Phi) is 4.94. The predicted octanol–water partition coefficient (Wildman–Crippen LogP) is 4.54. The van der Waals surface area contributed by atoms with E-state index in [1.165, 1.54) is 23.5 Å². The minimum absolute atomic E-state index is 0.0612. The maximum atomic E-state index is 14.3. The summed E-state index contributed by atoms with van der Waals surface area (Å²) in [6.07, 6.45) is 0. The Hall–Kier alpha value is -3.26. The Balaban J connectivity index is 1.38. The molecule has 2 aromatic heterocycles. The van der Waals surface area contributed by atoms with Crippen LogP contribution < -0.4 is 4.90 Å². The summed E-state index contributed by atoms with van der Waals surface area (Å²) < 4.78 is 30.1. The lowest BCUT2D eigenvalue weighted by Crippen LogP contribution is -2.48. The van der Waals surface area contributed by atoms with Crippen molar-refractivity contribution in [2.45, 2.75) is 0 Å². The fourth-order valence-electron chi connectivity index (χ4n) is 4.01. The average Bonchev–Trinajstić information content (AvgIpc) is 3.35. The molecule has 1 aliphatic rings. The van der Waals surface area contributed by atoms with Gasteiger partial charge in [-0.1, -0.05) is 24.3 Å². The quantitative estimate of drug-likeness (QED) is 0.472. The van der Waals surface area contributed by atoms with Crippen LogP contribution in [0.4, 0.5) is 14.5 Å². The summed E-state index contributed by atoms with van der Waals surface area (Å²) in [7, 11) is 1.80. The van der Waals surface area contributed by atoms with Gasteiger partial charge in [-0.3, -0.25) is 9.48 Å². The van der Waals surface area contributed by atoms with Gasteiger partial charge in [0, 0.05) is 44.2 Å². The molecule has 0 bridgehead atoms. The van der Waals surface area contributed by atoms with Gasteiger partial charge in [-0.05, 0) is 30.3 Å². The van der Waals surface area contributed by atoms with Gasteiger partial charge >= 0.3 is 0 Å². The second kappa shape index (κ2) is 7.77. The Morgan fingerprint density at radius 1 is 0.968 bits per heavy atom. The first-order valence-electron chi connectivity index (χ1n) is 10.0. The van der Waals surface area contributed by atoms with Crippen LogP contribution in [-0.4, -0.2) is 46.8 Å². The van der Waals surface area contributed by atoms with Crippen molar-refractivity contribution in [1.29, 1.82) is 0 Å². The molecule has 5 rings (SSSR count). The molecule has 5 nitrogen and oxygen atoms in total. The Labute approximate surface area is 182 Å². The molecule has 0 aliphatic carbocycles. The van der Waals surface area contributed by atoms with Crippen molar-refractivity contribution in [2.24, 2.45) is 7.05 Å². The first-order valence-corrected chi connectivity index (χ1v) is 10.8. The molecule has 0 unspecified atom stereocenters. The molecule has 4 aromatic rings. The van der Waals surface area contributed by atoms with E-state index in [0.717, 1.165) is 10.2 Å². The van der Waals surface area contributed by atoms with E-state index in [9.17, 15) is 13.6 Å². The maximum absolute atomic E-state index is 14.3. The first kappa shape index (κ1) is 19.7. The number of hydrogen-bond donors (Lipinski definition) is 0. The minimum atomic E-state index is -0.342. The third kappa shape index (κ3) is 3.46. The second-order valence-electron chi connectivity index (χ2n) is 7.51. The van der Waals surface area contributed by atoms with Crippen molar-refractivity contribution >= 4 is 33.1 Å². The maximum Gasteiger partial charge on any atom is 0.264 e. The van der Waals surface area contributed by atoms with Crippen LogP contribution in [0.2, 0.25) is 0 Å². The van der Waals surface area contributed by atoms with Crippen molar-refractivity contribution in [3.8, 4) is 11.3 Å². The number of hydrogen-bond acceptors (Lipinski definition) is 4. The second-order valence-corrected chi connectivity index (χ2v) is 8.54.